The summed E-state index contributed by atoms with van der Waals surface area (Å²) in [6.07, 6.45) is 2.74. The summed E-state index contributed by atoms with van der Waals surface area (Å²) in [5.41, 5.74) is 4.93. The molecule has 8 N–H and O–H groups in total. The molecule has 1 atom stereocenters. The number of benzene rings is 1. The van der Waals surface area contributed by atoms with Gasteiger partial charge in [-0.05, 0) is 80.5 Å². The van der Waals surface area contributed by atoms with Crippen molar-refractivity contribution in [3.8, 4) is 5.88 Å². The van der Waals surface area contributed by atoms with Gasteiger partial charge in [-0.2, -0.15) is 0 Å². The van der Waals surface area contributed by atoms with Gasteiger partial charge in [0.15, 0.2) is 5.88 Å². The van der Waals surface area contributed by atoms with Crippen LogP contribution >= 0.6 is 23.4 Å². The normalized spacial score (nSPS) is 14.5. The van der Waals surface area contributed by atoms with Gasteiger partial charge in [-0.25, -0.2) is 0 Å². The Morgan fingerprint density at radius 2 is 1.77 bits per heavy atom. The molecule has 0 aliphatic carbocycles. The van der Waals surface area contributed by atoms with Gasteiger partial charge in [0.1, 0.15) is 6.23 Å². The van der Waals surface area contributed by atoms with Crippen molar-refractivity contribution in [1.29, 1.82) is 0 Å². The van der Waals surface area contributed by atoms with Crippen molar-refractivity contribution in [2.75, 3.05) is 26.2 Å². The number of aliphatic imine (C=N–C) groups is 1. The Balaban J connectivity index is 0.00000380. The highest BCUT2D eigenvalue weighted by Gasteiger charge is 2.24. The number of halogens is 1. The van der Waals surface area contributed by atoms with Gasteiger partial charge in [-0.1, -0.05) is 37.6 Å². The van der Waals surface area contributed by atoms with E-state index in [1.165, 1.54) is 5.56 Å². The van der Waals surface area contributed by atoms with Crippen LogP contribution in [0.2, 0.25) is 5.02 Å². The molecule has 0 saturated heterocycles. The van der Waals surface area contributed by atoms with E-state index in [1.807, 2.05) is 68.5 Å². The number of hydrogen-bond acceptors (Lipinski definition) is 6. The van der Waals surface area contributed by atoms with Crippen LogP contribution in [0.5, 0.6) is 5.88 Å². The Labute approximate surface area is 240 Å². The number of aromatic amines is 1. The predicted octanol–water partition coefficient (Wildman–Crippen LogP) is 4.52. The van der Waals surface area contributed by atoms with Crippen LogP contribution in [0.25, 0.3) is 6.08 Å². The molecule has 1 aliphatic rings. The average molecular weight is 577 g/mol. The van der Waals surface area contributed by atoms with Crippen molar-refractivity contribution in [2.24, 2.45) is 4.99 Å². The van der Waals surface area contributed by atoms with Crippen molar-refractivity contribution in [3.05, 3.63) is 87.7 Å². The second-order valence-corrected chi connectivity index (χ2v) is 10.3. The summed E-state index contributed by atoms with van der Waals surface area (Å²) in [7, 11) is 0. The van der Waals surface area contributed by atoms with E-state index >= 15 is 0 Å². The number of thioether (sulfide) groups is 1. The summed E-state index contributed by atoms with van der Waals surface area (Å²) in [6.45, 7) is 11.6. The first-order chi connectivity index (χ1) is 17.8. The molecule has 39 heavy (non-hydrogen) atoms. The van der Waals surface area contributed by atoms with Crippen LogP contribution < -0.4 is 5.32 Å². The number of rotatable bonds is 11. The van der Waals surface area contributed by atoms with Crippen molar-refractivity contribution >= 4 is 35.2 Å². The predicted molar refractivity (Wildman–Crippen MR) is 164 cm³/mol. The first kappa shape index (κ1) is 34.4. The van der Waals surface area contributed by atoms with E-state index in [0.717, 1.165) is 52.2 Å². The van der Waals surface area contributed by atoms with Crippen molar-refractivity contribution < 1.29 is 21.2 Å². The fraction of sp³-hybridized carbons (Fsp3) is 0.345. The van der Waals surface area contributed by atoms with Crippen molar-refractivity contribution in [2.45, 2.75) is 44.6 Å². The number of allylic oxidation sites excluding steroid dienone is 1. The largest absolute Gasteiger partial charge is 0.494 e. The number of likely N-dealkylation sites (N-methyl/N-ethyl adjacent to an activating group) is 1. The summed E-state index contributed by atoms with van der Waals surface area (Å²) >= 11 is 7.69. The Hall–Kier alpha value is -2.63. The number of aliphatic hydroxyl groups excluding tert-OH is 1. The zero-order valence-corrected chi connectivity index (χ0v) is 24.5. The fourth-order valence-electron chi connectivity index (χ4n) is 4.05. The summed E-state index contributed by atoms with van der Waals surface area (Å²) < 4.78 is 0. The van der Waals surface area contributed by atoms with E-state index < -0.39 is 6.23 Å². The molecule has 0 radical (unpaired) electrons. The van der Waals surface area contributed by atoms with Crippen LogP contribution in [-0.4, -0.2) is 69.2 Å². The molecule has 1 aliphatic heterocycles. The van der Waals surface area contributed by atoms with Crippen LogP contribution in [0.1, 0.15) is 38.8 Å². The summed E-state index contributed by atoms with van der Waals surface area (Å²) in [6, 6.07) is 15.5. The highest BCUT2D eigenvalue weighted by Crippen LogP contribution is 2.30. The van der Waals surface area contributed by atoms with E-state index in [4.69, 9.17) is 16.6 Å². The van der Waals surface area contributed by atoms with E-state index in [-0.39, 0.29) is 16.8 Å². The number of aliphatic hydroxyl groups is 1. The standard InChI is InChI=1S/C29H37ClN4O2S.2H2O/c1-5-34(6-2)17-16-32-29(36)27-20(3)26(33-21(27)4)18-23-11-14-25(8-7-15-31-28(23)35)37-19-22-9-12-24(30)13-10-22;;/h7-15,18,29,31-32,35-36H,5-6,16-17,19H2,1-4H3;2*1H2. The molecule has 0 bridgehead atoms. The maximum absolute atomic E-state index is 10.8. The molecule has 8 nitrogen and oxygen atoms in total. The molecule has 2 heterocycles. The van der Waals surface area contributed by atoms with Crippen LogP contribution in [0.15, 0.2) is 81.5 Å². The first-order valence-electron chi connectivity index (χ1n) is 12.6. The van der Waals surface area contributed by atoms with Crippen LogP contribution in [0, 0.1) is 0 Å². The molecule has 1 aromatic heterocycles. The van der Waals surface area contributed by atoms with Crippen LogP contribution in [0.3, 0.4) is 0 Å². The molecule has 3 rings (SSSR count). The maximum Gasteiger partial charge on any atom is 0.195 e. The smallest absolute Gasteiger partial charge is 0.195 e. The molecule has 0 fully saturated rings. The highest BCUT2D eigenvalue weighted by molar-refractivity contribution is 7.98. The van der Waals surface area contributed by atoms with Gasteiger partial charge in [0.2, 0.25) is 0 Å². The lowest BCUT2D eigenvalue weighted by atomic mass is 10.0. The lowest BCUT2D eigenvalue weighted by Crippen LogP contribution is -2.39. The zero-order chi connectivity index (χ0) is 26.8. The quantitative estimate of drug-likeness (QED) is 0.229. The van der Waals surface area contributed by atoms with Gasteiger partial charge in [-0.15, -0.1) is 11.8 Å². The molecule has 1 aromatic carbocycles. The Kier molecular flexibility index (Phi) is 15.1. The third kappa shape index (κ3) is 10.1. The average Bonchev–Trinajstić information content (AvgIpc) is 3.21. The van der Waals surface area contributed by atoms with Crippen LogP contribution in [-0.2, 0) is 5.75 Å². The summed E-state index contributed by atoms with van der Waals surface area (Å²) in [5, 5.41) is 25.4. The molecule has 10 heteroatoms. The van der Waals surface area contributed by atoms with Gasteiger partial charge in [0.25, 0.3) is 0 Å². The van der Waals surface area contributed by atoms with Crippen molar-refractivity contribution in [3.63, 3.8) is 0 Å². The minimum atomic E-state index is -0.802. The number of aromatic nitrogens is 1. The Morgan fingerprint density at radius 3 is 2.44 bits per heavy atom. The third-order valence-electron chi connectivity index (χ3n) is 6.29. The minimum absolute atomic E-state index is 0. The molecule has 2 aromatic rings. The fourth-order valence-corrected chi connectivity index (χ4v) is 5.04. The van der Waals surface area contributed by atoms with E-state index in [1.54, 1.807) is 18.0 Å². The van der Waals surface area contributed by atoms with Gasteiger partial charge in [-0.3, -0.25) is 10.3 Å². The lowest BCUT2D eigenvalue weighted by Gasteiger charge is -2.21. The molecule has 0 amide bonds. The second kappa shape index (κ2) is 17.1. The van der Waals surface area contributed by atoms with Gasteiger partial charge < -0.3 is 31.0 Å². The lowest BCUT2D eigenvalue weighted by molar-refractivity contribution is 0.169. The Bertz CT molecular complexity index is 1210. The number of nitrogens with zero attached hydrogens (tertiary/aromatic N) is 2. The molecular formula is C29H41ClN4O4S. The van der Waals surface area contributed by atoms with Crippen molar-refractivity contribution in [1.82, 2.24) is 15.2 Å². The SMILES string of the molecule is CCN(CC)CCNC(O)C1=C(C)C(=Cc2ccc(SCc3ccc(Cl)cc3)ccc[nH]c2O)N=C1C.O.O. The molecule has 214 valence electrons. The molecule has 1 unspecified atom stereocenters. The van der Waals surface area contributed by atoms with Gasteiger partial charge >= 0.3 is 0 Å². The zero-order valence-electron chi connectivity index (χ0n) is 23.0. The minimum Gasteiger partial charge on any atom is -0.494 e. The topological polar surface area (TPSA) is 147 Å². The monoisotopic (exact) mass is 576 g/mol. The highest BCUT2D eigenvalue weighted by atomic mass is 35.5. The molecule has 0 saturated carbocycles. The summed E-state index contributed by atoms with van der Waals surface area (Å²) in [4.78, 5) is 11.0. The molecular weight excluding hydrogens is 536 g/mol. The van der Waals surface area contributed by atoms with Crippen LogP contribution in [0.4, 0.5) is 0 Å². The summed E-state index contributed by atoms with van der Waals surface area (Å²) in [5.74, 6) is 0.832. The van der Waals surface area contributed by atoms with E-state index in [0.29, 0.717) is 17.8 Å². The number of aromatic hydroxyl groups is 1. The maximum atomic E-state index is 10.8. The van der Waals surface area contributed by atoms with E-state index in [9.17, 15) is 10.2 Å². The second-order valence-electron chi connectivity index (χ2n) is 8.77. The van der Waals surface area contributed by atoms with E-state index in [2.05, 4.69) is 29.0 Å². The van der Waals surface area contributed by atoms with Gasteiger partial charge in [0, 0.05) is 51.8 Å². The number of nitrogens with one attached hydrogen (secondary N) is 2. The molecule has 0 spiro atoms. The Morgan fingerprint density at radius 1 is 1.08 bits per heavy atom. The number of H-pyrrole nitrogens is 1. The number of hydrogen-bond donors (Lipinski definition) is 4. The first-order valence-corrected chi connectivity index (χ1v) is 13.9. The third-order valence-corrected chi connectivity index (χ3v) is 7.62. The van der Waals surface area contributed by atoms with Gasteiger partial charge in [0.05, 0.1) is 5.70 Å².